The quantitative estimate of drug-likeness (QED) is 0.876. The minimum absolute atomic E-state index is 0.813. The molecule has 1 aliphatic heterocycles. The number of hydrogen-bond donors (Lipinski definition) is 1. The molecule has 1 aliphatic rings. The lowest BCUT2D eigenvalue weighted by Crippen LogP contribution is -2.32. The number of fused-ring (bicyclic) bond motifs is 3. The first-order valence-corrected chi connectivity index (χ1v) is 8.29. The molecule has 2 N–H and O–H groups in total. The standard InChI is InChI=1S/C16H23N3.C2H6/c1-18-15-7-3-2-6-13(15)14-12-19(10-5-4-9-17)11-8-16(14)18;1-2/h2-3,6-7H,4-5,8-12,17H2,1H3;1-2H3. The van der Waals surface area contributed by atoms with Crippen LogP contribution < -0.4 is 5.73 Å². The maximum Gasteiger partial charge on any atom is 0.0483 e. The van der Waals surface area contributed by atoms with Crippen molar-refractivity contribution in [2.24, 2.45) is 12.8 Å². The van der Waals surface area contributed by atoms with E-state index in [-0.39, 0.29) is 0 Å². The molecule has 0 fully saturated rings. The van der Waals surface area contributed by atoms with Crippen LogP contribution in [0.5, 0.6) is 0 Å². The third-order valence-electron chi connectivity index (χ3n) is 4.32. The van der Waals surface area contributed by atoms with E-state index in [0.29, 0.717) is 0 Å². The van der Waals surface area contributed by atoms with Gasteiger partial charge in [0.05, 0.1) is 0 Å². The minimum atomic E-state index is 0.813. The fourth-order valence-corrected chi connectivity index (χ4v) is 3.26. The molecule has 21 heavy (non-hydrogen) atoms. The van der Waals surface area contributed by atoms with E-state index in [2.05, 4.69) is 40.8 Å². The first-order valence-electron chi connectivity index (χ1n) is 8.29. The van der Waals surface area contributed by atoms with Gasteiger partial charge in [-0.2, -0.15) is 0 Å². The molecule has 3 heteroatoms. The number of rotatable bonds is 4. The zero-order valence-electron chi connectivity index (χ0n) is 13.7. The van der Waals surface area contributed by atoms with Gasteiger partial charge in [-0.15, -0.1) is 0 Å². The highest BCUT2D eigenvalue weighted by molar-refractivity contribution is 5.85. The lowest BCUT2D eigenvalue weighted by Gasteiger charge is -2.27. The highest BCUT2D eigenvalue weighted by Crippen LogP contribution is 2.29. The first kappa shape index (κ1) is 16.1. The number of aromatic nitrogens is 1. The number of hydrogen-bond acceptors (Lipinski definition) is 2. The van der Waals surface area contributed by atoms with Gasteiger partial charge in [0.1, 0.15) is 0 Å². The Bertz CT molecular complexity index is 571. The van der Waals surface area contributed by atoms with E-state index in [1.807, 2.05) is 13.8 Å². The van der Waals surface area contributed by atoms with Gasteiger partial charge in [-0.3, -0.25) is 4.90 Å². The molecule has 0 unspecified atom stereocenters. The largest absolute Gasteiger partial charge is 0.347 e. The molecule has 0 saturated carbocycles. The first-order chi connectivity index (χ1) is 10.3. The van der Waals surface area contributed by atoms with E-state index in [4.69, 9.17) is 5.73 Å². The maximum atomic E-state index is 5.58. The van der Waals surface area contributed by atoms with Gasteiger partial charge in [0.15, 0.2) is 0 Å². The molecule has 0 atom stereocenters. The van der Waals surface area contributed by atoms with Gasteiger partial charge in [-0.25, -0.2) is 0 Å². The molecule has 2 aromatic rings. The van der Waals surface area contributed by atoms with E-state index in [9.17, 15) is 0 Å². The molecule has 0 radical (unpaired) electrons. The van der Waals surface area contributed by atoms with Gasteiger partial charge in [0, 0.05) is 43.2 Å². The van der Waals surface area contributed by atoms with Crippen LogP contribution in [0.15, 0.2) is 24.3 Å². The molecule has 0 spiro atoms. The second-order valence-corrected chi connectivity index (χ2v) is 5.52. The molecule has 0 bridgehead atoms. The van der Waals surface area contributed by atoms with Crippen LogP contribution in [0.25, 0.3) is 10.9 Å². The predicted octanol–water partition coefficient (Wildman–Crippen LogP) is 3.30. The Labute approximate surface area is 128 Å². The number of para-hydroxylation sites is 1. The van der Waals surface area contributed by atoms with Crippen LogP contribution in [0, 0.1) is 0 Å². The minimum Gasteiger partial charge on any atom is -0.347 e. The molecule has 1 aromatic heterocycles. The molecule has 2 heterocycles. The van der Waals surface area contributed by atoms with Crippen LogP contribution in [0.1, 0.15) is 37.9 Å². The van der Waals surface area contributed by atoms with Crippen LogP contribution in [0.3, 0.4) is 0 Å². The monoisotopic (exact) mass is 287 g/mol. The Morgan fingerprint density at radius 2 is 1.90 bits per heavy atom. The summed E-state index contributed by atoms with van der Waals surface area (Å²) in [6, 6.07) is 8.77. The van der Waals surface area contributed by atoms with Crippen molar-refractivity contribution in [3.8, 4) is 0 Å². The fraction of sp³-hybridized carbons (Fsp3) is 0.556. The Balaban J connectivity index is 0.000000774. The summed E-state index contributed by atoms with van der Waals surface area (Å²) in [5, 5.41) is 1.43. The Morgan fingerprint density at radius 1 is 1.14 bits per heavy atom. The third kappa shape index (κ3) is 3.30. The van der Waals surface area contributed by atoms with Gasteiger partial charge in [0.25, 0.3) is 0 Å². The summed E-state index contributed by atoms with van der Waals surface area (Å²) in [5.41, 5.74) is 10.0. The summed E-state index contributed by atoms with van der Waals surface area (Å²) >= 11 is 0. The van der Waals surface area contributed by atoms with Crippen molar-refractivity contribution in [1.82, 2.24) is 9.47 Å². The maximum absolute atomic E-state index is 5.58. The van der Waals surface area contributed by atoms with Gasteiger partial charge in [-0.05, 0) is 37.6 Å². The normalized spacial score (nSPS) is 14.7. The predicted molar refractivity (Wildman–Crippen MR) is 91.5 cm³/mol. The molecule has 116 valence electrons. The average molecular weight is 287 g/mol. The topological polar surface area (TPSA) is 34.2 Å². The molecular formula is C18H29N3. The molecule has 3 rings (SSSR count). The Hall–Kier alpha value is -1.32. The van der Waals surface area contributed by atoms with Crippen LogP contribution in [-0.2, 0) is 20.0 Å². The third-order valence-corrected chi connectivity index (χ3v) is 4.32. The number of nitrogens with zero attached hydrogens (tertiary/aromatic N) is 2. The summed E-state index contributed by atoms with van der Waals surface area (Å²) in [6.07, 6.45) is 3.53. The summed E-state index contributed by atoms with van der Waals surface area (Å²) in [4.78, 5) is 2.57. The molecule has 3 nitrogen and oxygen atoms in total. The molecular weight excluding hydrogens is 258 g/mol. The van der Waals surface area contributed by atoms with E-state index < -0.39 is 0 Å². The van der Waals surface area contributed by atoms with Gasteiger partial charge in [-0.1, -0.05) is 32.0 Å². The second-order valence-electron chi connectivity index (χ2n) is 5.52. The number of nitrogens with two attached hydrogens (primary N) is 1. The van der Waals surface area contributed by atoms with Crippen molar-refractivity contribution in [3.05, 3.63) is 35.5 Å². The fourth-order valence-electron chi connectivity index (χ4n) is 3.26. The summed E-state index contributed by atoms with van der Waals surface area (Å²) in [6.45, 7) is 8.27. The van der Waals surface area contributed by atoms with Crippen LogP contribution in [0.2, 0.25) is 0 Å². The van der Waals surface area contributed by atoms with Crippen LogP contribution >= 0.6 is 0 Å². The smallest absolute Gasteiger partial charge is 0.0483 e. The number of unbranched alkanes of at least 4 members (excludes halogenated alkanes) is 1. The second kappa shape index (κ2) is 7.62. The summed E-state index contributed by atoms with van der Waals surface area (Å²) < 4.78 is 2.38. The Kier molecular flexibility index (Phi) is 5.83. The summed E-state index contributed by atoms with van der Waals surface area (Å²) in [7, 11) is 2.20. The zero-order valence-corrected chi connectivity index (χ0v) is 13.7. The van der Waals surface area contributed by atoms with E-state index in [0.717, 1.165) is 19.5 Å². The van der Waals surface area contributed by atoms with Gasteiger partial charge >= 0.3 is 0 Å². The van der Waals surface area contributed by atoms with E-state index >= 15 is 0 Å². The molecule has 0 aliphatic carbocycles. The van der Waals surface area contributed by atoms with Crippen LogP contribution in [-0.4, -0.2) is 29.1 Å². The SMILES string of the molecule is CC.Cn1c2c(c3ccccc31)CN(CCCCN)CC2. The van der Waals surface area contributed by atoms with Crippen molar-refractivity contribution in [1.29, 1.82) is 0 Å². The Morgan fingerprint density at radius 3 is 2.67 bits per heavy atom. The van der Waals surface area contributed by atoms with Gasteiger partial charge in [0.2, 0.25) is 0 Å². The molecule has 1 aromatic carbocycles. The van der Waals surface area contributed by atoms with Crippen molar-refractivity contribution >= 4 is 10.9 Å². The van der Waals surface area contributed by atoms with E-state index in [1.165, 1.54) is 48.1 Å². The lowest BCUT2D eigenvalue weighted by atomic mass is 10.0. The zero-order chi connectivity index (χ0) is 15.2. The molecule has 0 amide bonds. The van der Waals surface area contributed by atoms with Crippen LogP contribution in [0.4, 0.5) is 0 Å². The van der Waals surface area contributed by atoms with Crippen molar-refractivity contribution in [2.75, 3.05) is 19.6 Å². The van der Waals surface area contributed by atoms with Crippen molar-refractivity contribution in [2.45, 2.75) is 39.7 Å². The average Bonchev–Trinajstić information content (AvgIpc) is 2.83. The highest BCUT2D eigenvalue weighted by Gasteiger charge is 2.21. The van der Waals surface area contributed by atoms with Crippen molar-refractivity contribution in [3.63, 3.8) is 0 Å². The molecule has 0 saturated heterocycles. The van der Waals surface area contributed by atoms with E-state index in [1.54, 1.807) is 0 Å². The van der Waals surface area contributed by atoms with Gasteiger partial charge < -0.3 is 10.3 Å². The van der Waals surface area contributed by atoms with Crippen molar-refractivity contribution < 1.29 is 0 Å². The number of benzene rings is 1. The highest BCUT2D eigenvalue weighted by atomic mass is 15.1. The lowest BCUT2D eigenvalue weighted by molar-refractivity contribution is 0.248. The summed E-state index contributed by atoms with van der Waals surface area (Å²) in [5.74, 6) is 0. The number of aryl methyl sites for hydroxylation is 1.